The van der Waals surface area contributed by atoms with Crippen LogP contribution in [0.15, 0.2) is 35.5 Å². The molecule has 3 rings (SSSR count). The predicted molar refractivity (Wildman–Crippen MR) is 81.2 cm³/mol. The van der Waals surface area contributed by atoms with Crippen molar-refractivity contribution < 1.29 is 14.4 Å². The molecule has 2 atom stereocenters. The van der Waals surface area contributed by atoms with Gasteiger partial charge in [0, 0.05) is 12.5 Å². The molecule has 1 aliphatic carbocycles. The van der Waals surface area contributed by atoms with Crippen LogP contribution in [-0.4, -0.2) is 35.7 Å². The van der Waals surface area contributed by atoms with Crippen molar-refractivity contribution in [1.29, 1.82) is 0 Å². The van der Waals surface area contributed by atoms with E-state index in [0.717, 1.165) is 24.1 Å². The Hall–Kier alpha value is -2.37. The molecule has 22 heavy (non-hydrogen) atoms. The smallest absolute Gasteiger partial charge is 0.264 e. The molecule has 1 aliphatic heterocycles. The lowest BCUT2D eigenvalue weighted by Crippen LogP contribution is -2.48. The van der Waals surface area contributed by atoms with Crippen LogP contribution >= 0.6 is 0 Å². The zero-order chi connectivity index (χ0) is 15.5. The van der Waals surface area contributed by atoms with Gasteiger partial charge in [0.15, 0.2) is 0 Å². The van der Waals surface area contributed by atoms with Crippen molar-refractivity contribution in [3.05, 3.63) is 35.9 Å². The van der Waals surface area contributed by atoms with Gasteiger partial charge in [0.25, 0.3) is 5.91 Å². The van der Waals surface area contributed by atoms with Crippen molar-refractivity contribution in [2.75, 3.05) is 0 Å². The summed E-state index contributed by atoms with van der Waals surface area (Å²) in [4.78, 5) is 29.2. The van der Waals surface area contributed by atoms with Gasteiger partial charge in [-0.1, -0.05) is 35.5 Å². The summed E-state index contributed by atoms with van der Waals surface area (Å²) in [5.74, 6) is -0.467. The minimum Gasteiger partial charge on any atom is -0.382 e. The zero-order valence-electron chi connectivity index (χ0n) is 12.4. The topological polar surface area (TPSA) is 79.8 Å². The van der Waals surface area contributed by atoms with Gasteiger partial charge in [-0.15, -0.1) is 0 Å². The van der Waals surface area contributed by atoms with E-state index in [9.17, 15) is 9.59 Å². The summed E-state index contributed by atoms with van der Waals surface area (Å²) < 4.78 is 0. The highest BCUT2D eigenvalue weighted by Crippen LogP contribution is 2.19. The molecule has 2 aliphatic rings. The molecule has 0 radical (unpaired) electrons. The summed E-state index contributed by atoms with van der Waals surface area (Å²) in [7, 11) is 0. The Bertz CT molecular complexity index is 596. The summed E-state index contributed by atoms with van der Waals surface area (Å²) >= 11 is 0. The number of nitrogens with one attached hydrogen (secondary N) is 2. The maximum absolute atomic E-state index is 12.1. The quantitative estimate of drug-likeness (QED) is 0.850. The van der Waals surface area contributed by atoms with Gasteiger partial charge in [-0.05, 0) is 25.3 Å². The van der Waals surface area contributed by atoms with Crippen LogP contribution in [0.5, 0.6) is 0 Å². The summed E-state index contributed by atoms with van der Waals surface area (Å²) in [6, 6.07) is 9.30. The molecule has 6 heteroatoms. The van der Waals surface area contributed by atoms with Crippen LogP contribution < -0.4 is 10.6 Å². The number of rotatable bonds is 5. The second kappa shape index (κ2) is 6.17. The average Bonchev–Trinajstić information content (AvgIpc) is 3.19. The summed E-state index contributed by atoms with van der Waals surface area (Å²) in [5, 5.41) is 9.51. The van der Waals surface area contributed by atoms with Gasteiger partial charge in [0.1, 0.15) is 6.04 Å². The number of carbonyl (C=O) groups excluding carboxylic acids is 2. The Labute approximate surface area is 128 Å². The standard InChI is InChI=1S/C16H19N3O3/c1-10(15(20)18-12-7-8-12)17-16(21)14-9-13(19-22-14)11-5-3-2-4-6-11/h2-6,10,12,14H,7-9H2,1H3,(H,17,21)(H,18,20)/t10-,14-/m1/s1. The van der Waals surface area contributed by atoms with Crippen LogP contribution in [-0.2, 0) is 14.4 Å². The van der Waals surface area contributed by atoms with Crippen LogP contribution in [0.2, 0.25) is 0 Å². The Morgan fingerprint density at radius 2 is 2.00 bits per heavy atom. The average molecular weight is 301 g/mol. The number of nitrogens with zero attached hydrogens (tertiary/aromatic N) is 1. The minimum atomic E-state index is -0.675. The van der Waals surface area contributed by atoms with Gasteiger partial charge < -0.3 is 15.5 Å². The largest absolute Gasteiger partial charge is 0.382 e. The van der Waals surface area contributed by atoms with E-state index in [2.05, 4.69) is 15.8 Å². The third-order valence-electron chi connectivity index (χ3n) is 3.74. The van der Waals surface area contributed by atoms with Crippen LogP contribution in [0, 0.1) is 0 Å². The molecular weight excluding hydrogens is 282 g/mol. The maximum Gasteiger partial charge on any atom is 0.264 e. The van der Waals surface area contributed by atoms with Crippen LogP contribution in [0.1, 0.15) is 31.7 Å². The Balaban J connectivity index is 1.50. The van der Waals surface area contributed by atoms with Crippen molar-refractivity contribution in [3.8, 4) is 0 Å². The number of amides is 2. The normalized spacial score (nSPS) is 21.5. The molecule has 0 aromatic heterocycles. The third kappa shape index (κ3) is 3.44. The number of carbonyl (C=O) groups is 2. The highest BCUT2D eigenvalue weighted by molar-refractivity contribution is 6.04. The zero-order valence-corrected chi connectivity index (χ0v) is 12.4. The third-order valence-corrected chi connectivity index (χ3v) is 3.74. The molecule has 1 saturated carbocycles. The molecule has 1 aromatic carbocycles. The fraction of sp³-hybridized carbons (Fsp3) is 0.438. The van der Waals surface area contributed by atoms with Crippen LogP contribution in [0.25, 0.3) is 0 Å². The molecule has 0 unspecified atom stereocenters. The van der Waals surface area contributed by atoms with Gasteiger partial charge in [-0.3, -0.25) is 9.59 Å². The highest BCUT2D eigenvalue weighted by atomic mass is 16.6. The van der Waals surface area contributed by atoms with Gasteiger partial charge in [0.2, 0.25) is 12.0 Å². The van der Waals surface area contributed by atoms with Gasteiger partial charge >= 0.3 is 0 Å². The van der Waals surface area contributed by atoms with Gasteiger partial charge in [0.05, 0.1) is 5.71 Å². The first-order chi connectivity index (χ1) is 10.6. The molecule has 0 bridgehead atoms. The Morgan fingerprint density at radius 1 is 1.27 bits per heavy atom. The van der Waals surface area contributed by atoms with E-state index >= 15 is 0 Å². The van der Waals surface area contributed by atoms with E-state index in [0.29, 0.717) is 6.42 Å². The van der Waals surface area contributed by atoms with E-state index in [1.807, 2.05) is 30.3 Å². The fourth-order valence-corrected chi connectivity index (χ4v) is 2.24. The second-order valence-corrected chi connectivity index (χ2v) is 5.72. The van der Waals surface area contributed by atoms with Crippen LogP contribution in [0.3, 0.4) is 0 Å². The first-order valence-corrected chi connectivity index (χ1v) is 7.52. The van der Waals surface area contributed by atoms with Crippen molar-refractivity contribution in [2.45, 2.75) is 44.4 Å². The number of benzene rings is 1. The van der Waals surface area contributed by atoms with E-state index in [1.54, 1.807) is 6.92 Å². The Morgan fingerprint density at radius 3 is 2.68 bits per heavy atom. The summed E-state index contributed by atoms with van der Waals surface area (Å²) in [6.07, 6.45) is 1.78. The summed E-state index contributed by atoms with van der Waals surface area (Å²) in [5.41, 5.74) is 1.69. The first kappa shape index (κ1) is 14.6. The monoisotopic (exact) mass is 301 g/mol. The number of hydrogen-bond acceptors (Lipinski definition) is 4. The molecule has 1 fully saturated rings. The van der Waals surface area contributed by atoms with E-state index in [-0.39, 0.29) is 17.9 Å². The maximum atomic E-state index is 12.1. The lowest BCUT2D eigenvalue weighted by Gasteiger charge is -2.15. The highest BCUT2D eigenvalue weighted by Gasteiger charge is 2.32. The van der Waals surface area contributed by atoms with E-state index < -0.39 is 12.1 Å². The van der Waals surface area contributed by atoms with E-state index in [1.165, 1.54) is 0 Å². The lowest BCUT2D eigenvalue weighted by atomic mass is 10.0. The molecule has 2 N–H and O–H groups in total. The van der Waals surface area contributed by atoms with Crippen molar-refractivity contribution in [3.63, 3.8) is 0 Å². The second-order valence-electron chi connectivity index (χ2n) is 5.72. The molecule has 0 saturated heterocycles. The van der Waals surface area contributed by atoms with Crippen LogP contribution in [0.4, 0.5) is 0 Å². The molecular formula is C16H19N3O3. The summed E-state index contributed by atoms with van der Waals surface area (Å²) in [6.45, 7) is 1.67. The Kier molecular flexibility index (Phi) is 4.09. The van der Waals surface area contributed by atoms with Gasteiger partial charge in [-0.2, -0.15) is 0 Å². The minimum absolute atomic E-state index is 0.155. The fourth-order valence-electron chi connectivity index (χ4n) is 2.24. The lowest BCUT2D eigenvalue weighted by molar-refractivity contribution is -0.135. The molecule has 0 spiro atoms. The molecule has 2 amide bonds. The SMILES string of the molecule is C[C@@H](NC(=O)[C@H]1CC(c2ccccc2)=NO1)C(=O)NC1CC1. The predicted octanol–water partition coefficient (Wildman–Crippen LogP) is 0.963. The molecule has 6 nitrogen and oxygen atoms in total. The molecule has 1 aromatic rings. The number of oxime groups is 1. The molecule has 116 valence electrons. The van der Waals surface area contributed by atoms with Crippen molar-refractivity contribution in [2.24, 2.45) is 5.16 Å². The molecule has 1 heterocycles. The first-order valence-electron chi connectivity index (χ1n) is 7.52. The number of hydrogen-bond donors (Lipinski definition) is 2. The van der Waals surface area contributed by atoms with E-state index in [4.69, 9.17) is 4.84 Å². The van der Waals surface area contributed by atoms with Crippen molar-refractivity contribution >= 4 is 17.5 Å². The van der Waals surface area contributed by atoms with Gasteiger partial charge in [-0.25, -0.2) is 0 Å². The van der Waals surface area contributed by atoms with Crippen molar-refractivity contribution in [1.82, 2.24) is 10.6 Å².